The van der Waals surface area contributed by atoms with Crippen LogP contribution in [0.1, 0.15) is 0 Å². The van der Waals surface area contributed by atoms with E-state index in [0.29, 0.717) is 5.82 Å². The van der Waals surface area contributed by atoms with Gasteiger partial charge in [-0.25, -0.2) is 9.97 Å². The minimum Gasteiger partial charge on any atom is -0.382 e. The Morgan fingerprint density at radius 3 is 3.06 bits per heavy atom. The molecular formula is C11H9N5. The summed E-state index contributed by atoms with van der Waals surface area (Å²) in [7, 11) is 0. The molecule has 16 heavy (non-hydrogen) atoms. The highest BCUT2D eigenvalue weighted by atomic mass is 14.9. The van der Waals surface area contributed by atoms with Crippen LogP contribution in [-0.4, -0.2) is 19.9 Å². The second-order valence-corrected chi connectivity index (χ2v) is 3.43. The topological polar surface area (TPSA) is 80.5 Å². The zero-order valence-electron chi connectivity index (χ0n) is 8.38. The first-order chi connectivity index (χ1) is 7.84. The first-order valence-electron chi connectivity index (χ1n) is 4.84. The van der Waals surface area contributed by atoms with Gasteiger partial charge in [0.05, 0.1) is 18.1 Å². The molecule has 0 aliphatic carbocycles. The summed E-state index contributed by atoms with van der Waals surface area (Å²) in [5.41, 5.74) is 8.15. The molecule has 0 spiro atoms. The van der Waals surface area contributed by atoms with Crippen molar-refractivity contribution in [1.82, 2.24) is 19.9 Å². The maximum atomic E-state index is 5.61. The fraction of sp³-hybridized carbons (Fsp3) is 0. The van der Waals surface area contributed by atoms with Crippen LogP contribution < -0.4 is 5.73 Å². The van der Waals surface area contributed by atoms with Crippen LogP contribution in [0.5, 0.6) is 0 Å². The summed E-state index contributed by atoms with van der Waals surface area (Å²) < 4.78 is 0. The molecule has 0 radical (unpaired) electrons. The van der Waals surface area contributed by atoms with Gasteiger partial charge in [-0.05, 0) is 12.1 Å². The Hall–Kier alpha value is -2.43. The van der Waals surface area contributed by atoms with Gasteiger partial charge in [-0.2, -0.15) is 0 Å². The van der Waals surface area contributed by atoms with Crippen LogP contribution in [0.2, 0.25) is 0 Å². The number of pyridine rings is 1. The number of H-pyrrole nitrogens is 1. The highest BCUT2D eigenvalue weighted by Gasteiger charge is 2.07. The van der Waals surface area contributed by atoms with E-state index >= 15 is 0 Å². The monoisotopic (exact) mass is 211 g/mol. The maximum Gasteiger partial charge on any atom is 0.142 e. The number of rotatable bonds is 1. The van der Waals surface area contributed by atoms with E-state index in [0.717, 1.165) is 22.3 Å². The molecule has 0 aliphatic rings. The van der Waals surface area contributed by atoms with Crippen molar-refractivity contribution in [3.63, 3.8) is 0 Å². The van der Waals surface area contributed by atoms with Gasteiger partial charge >= 0.3 is 0 Å². The standard InChI is InChI=1S/C11H9N5/c12-10-6-13-5-9(16-10)8-4-15-11-7(8)2-1-3-14-11/h1-6H,(H2,12,16)(H,14,15). The molecule has 0 saturated heterocycles. The lowest BCUT2D eigenvalue weighted by atomic mass is 10.2. The van der Waals surface area contributed by atoms with Crippen LogP contribution in [0.25, 0.3) is 22.3 Å². The van der Waals surface area contributed by atoms with Crippen LogP contribution in [-0.2, 0) is 0 Å². The van der Waals surface area contributed by atoms with Gasteiger partial charge in [0.1, 0.15) is 11.5 Å². The molecule has 0 unspecified atom stereocenters. The van der Waals surface area contributed by atoms with Crippen molar-refractivity contribution in [3.05, 3.63) is 36.9 Å². The minimum absolute atomic E-state index is 0.413. The molecule has 0 atom stereocenters. The number of nitrogens with zero attached hydrogens (tertiary/aromatic N) is 3. The average Bonchev–Trinajstić information content (AvgIpc) is 2.72. The third-order valence-corrected chi connectivity index (χ3v) is 2.38. The lowest BCUT2D eigenvalue weighted by Crippen LogP contribution is -1.92. The van der Waals surface area contributed by atoms with Crippen LogP contribution in [0, 0.1) is 0 Å². The number of aromatic amines is 1. The summed E-state index contributed by atoms with van der Waals surface area (Å²) in [5, 5.41) is 1.02. The van der Waals surface area contributed by atoms with Crippen molar-refractivity contribution >= 4 is 16.9 Å². The first-order valence-corrected chi connectivity index (χ1v) is 4.84. The molecule has 0 bridgehead atoms. The molecule has 0 aliphatic heterocycles. The van der Waals surface area contributed by atoms with Gasteiger partial charge in [-0.15, -0.1) is 0 Å². The van der Waals surface area contributed by atoms with Gasteiger partial charge < -0.3 is 10.7 Å². The van der Waals surface area contributed by atoms with E-state index in [9.17, 15) is 0 Å². The average molecular weight is 211 g/mol. The number of nitrogen functional groups attached to an aromatic ring is 1. The van der Waals surface area contributed by atoms with Gasteiger partial charge in [-0.3, -0.25) is 4.98 Å². The summed E-state index contributed by atoms with van der Waals surface area (Å²) in [4.78, 5) is 15.6. The Kier molecular flexibility index (Phi) is 1.83. The fourth-order valence-electron chi connectivity index (χ4n) is 1.68. The number of fused-ring (bicyclic) bond motifs is 1. The van der Waals surface area contributed by atoms with E-state index in [1.165, 1.54) is 6.20 Å². The largest absolute Gasteiger partial charge is 0.382 e. The Morgan fingerprint density at radius 1 is 1.25 bits per heavy atom. The van der Waals surface area contributed by atoms with Crippen molar-refractivity contribution < 1.29 is 0 Å². The Morgan fingerprint density at radius 2 is 2.19 bits per heavy atom. The summed E-state index contributed by atoms with van der Waals surface area (Å²) >= 11 is 0. The van der Waals surface area contributed by atoms with E-state index in [1.807, 2.05) is 18.3 Å². The van der Waals surface area contributed by atoms with E-state index < -0.39 is 0 Å². The van der Waals surface area contributed by atoms with Crippen molar-refractivity contribution in [3.8, 4) is 11.3 Å². The van der Waals surface area contributed by atoms with Gasteiger partial charge in [0.2, 0.25) is 0 Å². The lowest BCUT2D eigenvalue weighted by Gasteiger charge is -1.98. The molecule has 78 valence electrons. The number of aromatic nitrogens is 4. The van der Waals surface area contributed by atoms with Crippen molar-refractivity contribution in [2.75, 3.05) is 5.73 Å². The number of nitrogens with one attached hydrogen (secondary N) is 1. The molecule has 3 N–H and O–H groups in total. The number of nitrogens with two attached hydrogens (primary N) is 1. The summed E-state index contributed by atoms with van der Waals surface area (Å²) in [6.07, 6.45) is 6.82. The Bertz CT molecular complexity index is 643. The Balaban J connectivity index is 2.26. The highest BCUT2D eigenvalue weighted by molar-refractivity contribution is 5.92. The highest BCUT2D eigenvalue weighted by Crippen LogP contribution is 2.25. The van der Waals surface area contributed by atoms with Gasteiger partial charge in [0.25, 0.3) is 0 Å². The van der Waals surface area contributed by atoms with Crippen molar-refractivity contribution in [2.45, 2.75) is 0 Å². The summed E-state index contributed by atoms with van der Waals surface area (Å²) in [5.74, 6) is 0.413. The predicted octanol–water partition coefficient (Wildman–Crippen LogP) is 1.60. The summed E-state index contributed by atoms with van der Waals surface area (Å²) in [6, 6.07) is 3.87. The van der Waals surface area contributed by atoms with Gasteiger partial charge in [0.15, 0.2) is 0 Å². The van der Waals surface area contributed by atoms with E-state index in [-0.39, 0.29) is 0 Å². The van der Waals surface area contributed by atoms with Crippen molar-refractivity contribution in [1.29, 1.82) is 0 Å². The molecule has 0 fully saturated rings. The molecule has 3 heterocycles. The maximum absolute atomic E-state index is 5.61. The van der Waals surface area contributed by atoms with E-state index in [1.54, 1.807) is 12.4 Å². The molecule has 0 aromatic carbocycles. The fourth-order valence-corrected chi connectivity index (χ4v) is 1.68. The summed E-state index contributed by atoms with van der Waals surface area (Å²) in [6.45, 7) is 0. The van der Waals surface area contributed by atoms with E-state index in [4.69, 9.17) is 5.73 Å². The zero-order chi connectivity index (χ0) is 11.0. The second kappa shape index (κ2) is 3.30. The quantitative estimate of drug-likeness (QED) is 0.640. The third-order valence-electron chi connectivity index (χ3n) is 2.38. The lowest BCUT2D eigenvalue weighted by molar-refractivity contribution is 1.22. The van der Waals surface area contributed by atoms with E-state index in [2.05, 4.69) is 19.9 Å². The van der Waals surface area contributed by atoms with Crippen LogP contribution in [0.3, 0.4) is 0 Å². The molecule has 0 amide bonds. The molecule has 3 aromatic rings. The molecule has 0 saturated carbocycles. The van der Waals surface area contributed by atoms with Crippen LogP contribution >= 0.6 is 0 Å². The van der Waals surface area contributed by atoms with Crippen LogP contribution in [0.4, 0.5) is 5.82 Å². The minimum atomic E-state index is 0.413. The van der Waals surface area contributed by atoms with Gasteiger partial charge in [-0.1, -0.05) is 0 Å². The number of anilines is 1. The predicted molar refractivity (Wildman–Crippen MR) is 61.5 cm³/mol. The second-order valence-electron chi connectivity index (χ2n) is 3.43. The van der Waals surface area contributed by atoms with Gasteiger partial charge in [0, 0.05) is 23.3 Å². The third kappa shape index (κ3) is 1.30. The van der Waals surface area contributed by atoms with Crippen LogP contribution in [0.15, 0.2) is 36.9 Å². The molecular weight excluding hydrogens is 202 g/mol. The number of hydrogen-bond donors (Lipinski definition) is 2. The normalized spacial score (nSPS) is 10.8. The SMILES string of the molecule is Nc1cncc(-c2c[nH]c3ncccc23)n1. The molecule has 3 rings (SSSR count). The zero-order valence-corrected chi connectivity index (χ0v) is 8.38. The first kappa shape index (κ1) is 8.84. The molecule has 5 heteroatoms. The smallest absolute Gasteiger partial charge is 0.142 e. The Labute approximate surface area is 91.4 Å². The van der Waals surface area contributed by atoms with Crippen molar-refractivity contribution in [2.24, 2.45) is 0 Å². The number of hydrogen-bond acceptors (Lipinski definition) is 4. The molecule has 3 aromatic heterocycles. The molecule has 5 nitrogen and oxygen atoms in total.